The fourth-order valence-corrected chi connectivity index (χ4v) is 2.26. The molecule has 82 valence electrons. The van der Waals surface area contributed by atoms with Gasteiger partial charge in [0.05, 0.1) is 5.60 Å². The van der Waals surface area contributed by atoms with Gasteiger partial charge in [0, 0.05) is 6.04 Å². The lowest BCUT2D eigenvalue weighted by molar-refractivity contribution is 0.0430. The first kappa shape index (κ1) is 10.6. The summed E-state index contributed by atoms with van der Waals surface area (Å²) in [6.07, 6.45) is 2.06. The molecule has 0 aliphatic heterocycles. The number of rotatable bonds is 1. The zero-order valence-electron chi connectivity index (χ0n) is 8.83. The Bertz CT molecular complexity index is 380. The van der Waals surface area contributed by atoms with Crippen LogP contribution in [-0.4, -0.2) is 11.1 Å². The van der Waals surface area contributed by atoms with Gasteiger partial charge in [0.2, 0.25) is 0 Å². The molecule has 15 heavy (non-hydrogen) atoms. The normalized spacial score (nSPS) is 30.8. The predicted molar refractivity (Wildman–Crippen MR) is 56.9 cm³/mol. The van der Waals surface area contributed by atoms with Crippen LogP contribution in [0.4, 0.5) is 4.39 Å². The molecular formula is C12H16FNO. The molecule has 0 heterocycles. The minimum absolute atomic E-state index is 0.0559. The predicted octanol–water partition coefficient (Wildman–Crippen LogP) is 1.83. The van der Waals surface area contributed by atoms with Gasteiger partial charge in [-0.3, -0.25) is 0 Å². The van der Waals surface area contributed by atoms with Crippen LogP contribution in [0.5, 0.6) is 0 Å². The first-order valence-corrected chi connectivity index (χ1v) is 5.26. The average Bonchev–Trinajstić information content (AvgIpc) is 2.52. The third-order valence-electron chi connectivity index (χ3n) is 3.22. The molecule has 0 saturated heterocycles. The molecule has 2 rings (SSSR count). The zero-order chi connectivity index (χ0) is 11.1. The Kier molecular flexibility index (Phi) is 2.52. The first-order chi connectivity index (χ1) is 7.01. The molecule has 2 unspecified atom stereocenters. The number of aryl methyl sites for hydroxylation is 1. The first-order valence-electron chi connectivity index (χ1n) is 5.26. The lowest BCUT2D eigenvalue weighted by Crippen LogP contribution is -2.25. The van der Waals surface area contributed by atoms with Crippen LogP contribution in [0.25, 0.3) is 0 Å². The summed E-state index contributed by atoms with van der Waals surface area (Å²) >= 11 is 0. The second kappa shape index (κ2) is 3.58. The van der Waals surface area contributed by atoms with E-state index >= 15 is 0 Å². The maximum absolute atomic E-state index is 13.1. The largest absolute Gasteiger partial charge is 0.385 e. The summed E-state index contributed by atoms with van der Waals surface area (Å²) in [7, 11) is 0. The van der Waals surface area contributed by atoms with Crippen molar-refractivity contribution in [3.63, 3.8) is 0 Å². The van der Waals surface area contributed by atoms with Crippen molar-refractivity contribution in [2.24, 2.45) is 5.73 Å². The lowest BCUT2D eigenvalue weighted by atomic mass is 9.91. The number of hydrogen-bond acceptors (Lipinski definition) is 2. The Morgan fingerprint density at radius 1 is 1.53 bits per heavy atom. The van der Waals surface area contributed by atoms with Gasteiger partial charge in [-0.1, -0.05) is 12.1 Å². The summed E-state index contributed by atoms with van der Waals surface area (Å²) in [5, 5.41) is 10.3. The van der Waals surface area contributed by atoms with Crippen molar-refractivity contribution in [2.45, 2.75) is 37.8 Å². The van der Waals surface area contributed by atoms with Gasteiger partial charge in [-0.25, -0.2) is 4.39 Å². The van der Waals surface area contributed by atoms with E-state index < -0.39 is 5.60 Å². The number of benzene rings is 1. The molecule has 3 N–H and O–H groups in total. The fourth-order valence-electron chi connectivity index (χ4n) is 2.26. The van der Waals surface area contributed by atoms with Crippen LogP contribution in [0.2, 0.25) is 0 Å². The summed E-state index contributed by atoms with van der Waals surface area (Å²) in [6, 6.07) is 4.83. The van der Waals surface area contributed by atoms with Gasteiger partial charge in [-0.15, -0.1) is 0 Å². The molecule has 0 amide bonds. The standard InChI is InChI=1S/C12H16FNO/c1-8-6-9(2-3-11(8)13)12(15)5-4-10(14)7-12/h2-3,6,10,15H,4-5,7,14H2,1H3. The minimum Gasteiger partial charge on any atom is -0.385 e. The van der Waals surface area contributed by atoms with Crippen LogP contribution in [0.15, 0.2) is 18.2 Å². The molecule has 1 aromatic rings. The van der Waals surface area contributed by atoms with E-state index in [0.29, 0.717) is 18.4 Å². The van der Waals surface area contributed by atoms with Crippen LogP contribution in [-0.2, 0) is 5.60 Å². The van der Waals surface area contributed by atoms with Crippen LogP contribution in [0.3, 0.4) is 0 Å². The topological polar surface area (TPSA) is 46.2 Å². The smallest absolute Gasteiger partial charge is 0.126 e. The summed E-state index contributed by atoms with van der Waals surface area (Å²) in [6.45, 7) is 1.71. The van der Waals surface area contributed by atoms with E-state index in [9.17, 15) is 9.50 Å². The van der Waals surface area contributed by atoms with Crippen LogP contribution in [0.1, 0.15) is 30.4 Å². The summed E-state index contributed by atoms with van der Waals surface area (Å²) < 4.78 is 13.1. The lowest BCUT2D eigenvalue weighted by Gasteiger charge is -2.23. The molecule has 1 fully saturated rings. The van der Waals surface area contributed by atoms with Gasteiger partial charge in [-0.2, -0.15) is 0 Å². The maximum Gasteiger partial charge on any atom is 0.126 e. The van der Waals surface area contributed by atoms with Gasteiger partial charge < -0.3 is 10.8 Å². The molecule has 1 aliphatic carbocycles. The summed E-state index contributed by atoms with van der Waals surface area (Å²) in [4.78, 5) is 0. The number of aliphatic hydroxyl groups is 1. The monoisotopic (exact) mass is 209 g/mol. The summed E-state index contributed by atoms with van der Waals surface area (Å²) in [5.74, 6) is -0.232. The highest BCUT2D eigenvalue weighted by atomic mass is 19.1. The van der Waals surface area contributed by atoms with Gasteiger partial charge in [-0.05, 0) is 43.4 Å². The third-order valence-corrected chi connectivity index (χ3v) is 3.22. The number of nitrogens with two attached hydrogens (primary N) is 1. The molecule has 0 bridgehead atoms. The fraction of sp³-hybridized carbons (Fsp3) is 0.500. The van der Waals surface area contributed by atoms with Gasteiger partial charge in [0.25, 0.3) is 0 Å². The molecule has 2 nitrogen and oxygen atoms in total. The third kappa shape index (κ3) is 1.90. The van der Waals surface area contributed by atoms with E-state index in [4.69, 9.17) is 5.73 Å². The van der Waals surface area contributed by atoms with Gasteiger partial charge >= 0.3 is 0 Å². The zero-order valence-corrected chi connectivity index (χ0v) is 8.83. The van der Waals surface area contributed by atoms with E-state index in [0.717, 1.165) is 12.0 Å². The Morgan fingerprint density at radius 2 is 2.27 bits per heavy atom. The highest BCUT2D eigenvalue weighted by molar-refractivity contribution is 5.29. The second-order valence-electron chi connectivity index (χ2n) is 4.50. The number of hydrogen-bond donors (Lipinski definition) is 2. The minimum atomic E-state index is -0.849. The Balaban J connectivity index is 2.33. The Labute approximate surface area is 88.9 Å². The molecule has 1 aliphatic rings. The maximum atomic E-state index is 13.1. The molecule has 0 radical (unpaired) electrons. The van der Waals surface area contributed by atoms with E-state index in [1.807, 2.05) is 0 Å². The molecule has 2 atom stereocenters. The van der Waals surface area contributed by atoms with Crippen LogP contribution >= 0.6 is 0 Å². The molecule has 0 spiro atoms. The van der Waals surface area contributed by atoms with Crippen molar-refractivity contribution in [1.29, 1.82) is 0 Å². The van der Waals surface area contributed by atoms with Crippen molar-refractivity contribution in [3.8, 4) is 0 Å². The average molecular weight is 209 g/mol. The van der Waals surface area contributed by atoms with Gasteiger partial charge in [0.15, 0.2) is 0 Å². The summed E-state index contributed by atoms with van der Waals surface area (Å²) in [5.41, 5.74) is 6.29. The van der Waals surface area contributed by atoms with Crippen LogP contribution in [0, 0.1) is 12.7 Å². The van der Waals surface area contributed by atoms with E-state index in [2.05, 4.69) is 0 Å². The highest BCUT2D eigenvalue weighted by Gasteiger charge is 2.37. The van der Waals surface area contributed by atoms with Crippen molar-refractivity contribution >= 4 is 0 Å². The second-order valence-corrected chi connectivity index (χ2v) is 4.50. The molecule has 1 saturated carbocycles. The molecule has 1 aromatic carbocycles. The molecule has 0 aromatic heterocycles. The SMILES string of the molecule is Cc1cc(C2(O)CCC(N)C2)ccc1F. The van der Waals surface area contributed by atoms with E-state index in [-0.39, 0.29) is 11.9 Å². The van der Waals surface area contributed by atoms with Crippen molar-refractivity contribution < 1.29 is 9.50 Å². The van der Waals surface area contributed by atoms with Crippen molar-refractivity contribution in [3.05, 3.63) is 35.1 Å². The van der Waals surface area contributed by atoms with E-state index in [1.54, 1.807) is 19.1 Å². The highest BCUT2D eigenvalue weighted by Crippen LogP contribution is 2.38. The van der Waals surface area contributed by atoms with Crippen LogP contribution < -0.4 is 5.73 Å². The Morgan fingerprint density at radius 3 is 2.80 bits per heavy atom. The number of halogens is 1. The van der Waals surface area contributed by atoms with Crippen molar-refractivity contribution in [1.82, 2.24) is 0 Å². The van der Waals surface area contributed by atoms with Crippen molar-refractivity contribution in [2.75, 3.05) is 0 Å². The molecular weight excluding hydrogens is 193 g/mol. The molecule has 3 heteroatoms. The quantitative estimate of drug-likeness (QED) is 0.741. The van der Waals surface area contributed by atoms with E-state index in [1.165, 1.54) is 6.07 Å². The van der Waals surface area contributed by atoms with Gasteiger partial charge in [0.1, 0.15) is 5.82 Å². The Hall–Kier alpha value is -0.930.